The summed E-state index contributed by atoms with van der Waals surface area (Å²) in [5.74, 6) is 0. The van der Waals surface area contributed by atoms with E-state index in [1.807, 2.05) is 36.4 Å². The summed E-state index contributed by atoms with van der Waals surface area (Å²) in [5.41, 5.74) is 3.79. The third-order valence-corrected chi connectivity index (χ3v) is 4.37. The number of rotatable bonds is 0. The predicted molar refractivity (Wildman–Crippen MR) is 88.1 cm³/mol. The second-order valence-corrected chi connectivity index (χ2v) is 5.66. The van der Waals surface area contributed by atoms with Crippen molar-refractivity contribution in [1.82, 2.24) is 4.98 Å². The molecule has 0 atom stereocenters. The number of aromatic amines is 1. The van der Waals surface area contributed by atoms with Crippen LogP contribution in [0.4, 0.5) is 0 Å². The summed E-state index contributed by atoms with van der Waals surface area (Å²) in [6, 6.07) is 18.2. The van der Waals surface area contributed by atoms with Crippen LogP contribution >= 0.6 is 11.6 Å². The quantitative estimate of drug-likeness (QED) is 0.379. The number of halogens is 1. The highest BCUT2D eigenvalue weighted by Crippen LogP contribution is 2.40. The highest BCUT2D eigenvalue weighted by Gasteiger charge is 2.16. The number of furan rings is 1. The first-order valence-corrected chi connectivity index (χ1v) is 7.21. The molecule has 0 radical (unpaired) electrons. The van der Waals surface area contributed by atoms with Crippen LogP contribution in [0.3, 0.4) is 0 Å². The fourth-order valence-electron chi connectivity index (χ4n) is 3.15. The predicted octanol–water partition coefficient (Wildman–Crippen LogP) is 5.87. The van der Waals surface area contributed by atoms with Gasteiger partial charge in [-0.15, -0.1) is 0 Å². The second-order valence-electron chi connectivity index (χ2n) is 5.25. The Labute approximate surface area is 124 Å². The lowest BCUT2D eigenvalue weighted by Gasteiger charge is -1.97. The first kappa shape index (κ1) is 11.2. The smallest absolute Gasteiger partial charge is 0.159 e. The third-order valence-electron chi connectivity index (χ3n) is 4.08. The van der Waals surface area contributed by atoms with Gasteiger partial charge in [-0.2, -0.15) is 0 Å². The van der Waals surface area contributed by atoms with Crippen LogP contribution in [-0.4, -0.2) is 4.98 Å². The topological polar surface area (TPSA) is 28.9 Å². The van der Waals surface area contributed by atoms with Crippen LogP contribution in [-0.2, 0) is 0 Å². The van der Waals surface area contributed by atoms with Gasteiger partial charge in [0.05, 0.1) is 10.5 Å². The lowest BCUT2D eigenvalue weighted by atomic mass is 10.1. The van der Waals surface area contributed by atoms with Gasteiger partial charge >= 0.3 is 0 Å². The summed E-state index contributed by atoms with van der Waals surface area (Å²) < 4.78 is 6.06. The highest BCUT2D eigenvalue weighted by molar-refractivity contribution is 6.40. The number of aromatic nitrogens is 1. The maximum absolute atomic E-state index is 6.55. The van der Waals surface area contributed by atoms with Crippen LogP contribution in [0.5, 0.6) is 0 Å². The Morgan fingerprint density at radius 2 is 1.62 bits per heavy atom. The molecule has 5 rings (SSSR count). The summed E-state index contributed by atoms with van der Waals surface area (Å²) in [6.07, 6.45) is 0. The van der Waals surface area contributed by atoms with Gasteiger partial charge in [-0.3, -0.25) is 0 Å². The van der Waals surface area contributed by atoms with Crippen LogP contribution in [0, 0.1) is 0 Å². The normalized spacial score (nSPS) is 12.0. The molecule has 3 heteroatoms. The van der Waals surface area contributed by atoms with E-state index in [1.165, 1.54) is 0 Å². The Bertz CT molecular complexity index is 1150. The SMILES string of the molecule is Clc1cc2c3ccccc3oc2c2[nH]c3ccccc3c12. The molecule has 0 saturated heterocycles. The molecule has 2 nitrogen and oxygen atoms in total. The van der Waals surface area contributed by atoms with E-state index in [2.05, 4.69) is 23.2 Å². The highest BCUT2D eigenvalue weighted by atomic mass is 35.5. The van der Waals surface area contributed by atoms with Crippen molar-refractivity contribution in [2.24, 2.45) is 0 Å². The molecule has 0 spiro atoms. The number of para-hydroxylation sites is 2. The van der Waals surface area contributed by atoms with Crippen molar-refractivity contribution in [2.45, 2.75) is 0 Å². The molecule has 0 aliphatic rings. The van der Waals surface area contributed by atoms with Gasteiger partial charge in [0.25, 0.3) is 0 Å². The van der Waals surface area contributed by atoms with Crippen LogP contribution in [0.25, 0.3) is 43.7 Å². The number of fused-ring (bicyclic) bond motifs is 7. The Balaban J connectivity index is 2.14. The van der Waals surface area contributed by atoms with Crippen molar-refractivity contribution >= 4 is 55.3 Å². The minimum absolute atomic E-state index is 0.751. The molecular formula is C18H10ClNO. The summed E-state index contributed by atoms with van der Waals surface area (Å²) in [4.78, 5) is 3.44. The molecule has 3 aromatic carbocycles. The first-order valence-electron chi connectivity index (χ1n) is 6.83. The lowest BCUT2D eigenvalue weighted by molar-refractivity contribution is 0.672. The maximum atomic E-state index is 6.55. The molecule has 0 fully saturated rings. The molecule has 1 N–H and O–H groups in total. The van der Waals surface area contributed by atoms with Gasteiger partial charge in [0.2, 0.25) is 0 Å². The summed E-state index contributed by atoms with van der Waals surface area (Å²) in [5, 5.41) is 5.05. The molecule has 0 saturated carbocycles. The average Bonchev–Trinajstić information content (AvgIpc) is 3.06. The van der Waals surface area contributed by atoms with Gasteiger partial charge in [-0.05, 0) is 18.2 Å². The third kappa shape index (κ3) is 1.38. The minimum Gasteiger partial charge on any atom is -0.454 e. The molecule has 0 aliphatic heterocycles. The van der Waals surface area contributed by atoms with Crippen molar-refractivity contribution < 1.29 is 4.42 Å². The molecule has 0 unspecified atom stereocenters. The Kier molecular flexibility index (Phi) is 2.04. The van der Waals surface area contributed by atoms with Gasteiger partial charge in [0.15, 0.2) is 5.58 Å². The van der Waals surface area contributed by atoms with Crippen LogP contribution in [0.15, 0.2) is 59.0 Å². The van der Waals surface area contributed by atoms with E-state index in [4.69, 9.17) is 16.0 Å². The van der Waals surface area contributed by atoms with Crippen molar-refractivity contribution in [3.05, 3.63) is 59.6 Å². The zero-order chi connectivity index (χ0) is 14.0. The molecule has 100 valence electrons. The molecule has 2 aromatic heterocycles. The number of hydrogen-bond donors (Lipinski definition) is 1. The molecule has 21 heavy (non-hydrogen) atoms. The summed E-state index contributed by atoms with van der Waals surface area (Å²) in [7, 11) is 0. The van der Waals surface area contributed by atoms with Crippen molar-refractivity contribution in [3.8, 4) is 0 Å². The van der Waals surface area contributed by atoms with Crippen LogP contribution < -0.4 is 0 Å². The van der Waals surface area contributed by atoms with Gasteiger partial charge in [-0.25, -0.2) is 0 Å². The van der Waals surface area contributed by atoms with Gasteiger partial charge < -0.3 is 9.40 Å². The van der Waals surface area contributed by atoms with E-state index in [0.29, 0.717) is 0 Å². The van der Waals surface area contributed by atoms with E-state index < -0.39 is 0 Å². The monoisotopic (exact) mass is 291 g/mol. The molecule has 2 heterocycles. The maximum Gasteiger partial charge on any atom is 0.159 e. The van der Waals surface area contributed by atoms with E-state index >= 15 is 0 Å². The van der Waals surface area contributed by atoms with Gasteiger partial charge in [0.1, 0.15) is 5.58 Å². The molecule has 0 bridgehead atoms. The average molecular weight is 292 g/mol. The van der Waals surface area contributed by atoms with E-state index in [1.54, 1.807) is 0 Å². The zero-order valence-corrected chi connectivity index (χ0v) is 11.7. The Morgan fingerprint density at radius 3 is 2.52 bits per heavy atom. The summed E-state index contributed by atoms with van der Waals surface area (Å²) >= 11 is 6.55. The largest absolute Gasteiger partial charge is 0.454 e. The Morgan fingerprint density at radius 1 is 0.857 bits per heavy atom. The first-order chi connectivity index (χ1) is 10.3. The molecule has 0 aliphatic carbocycles. The zero-order valence-electron chi connectivity index (χ0n) is 11.0. The lowest BCUT2D eigenvalue weighted by Crippen LogP contribution is -1.73. The van der Waals surface area contributed by atoms with E-state index in [0.717, 1.165) is 48.8 Å². The molecule has 0 amide bonds. The standard InChI is InChI=1S/C18H10ClNO/c19-13-9-12-10-5-2-4-8-15(10)21-18(12)17-16(13)11-6-1-3-7-14(11)20-17/h1-9,20H. The van der Waals surface area contributed by atoms with Gasteiger partial charge in [0, 0.05) is 27.1 Å². The van der Waals surface area contributed by atoms with Gasteiger partial charge in [-0.1, -0.05) is 48.0 Å². The fourth-order valence-corrected chi connectivity index (χ4v) is 3.46. The fraction of sp³-hybridized carbons (Fsp3) is 0. The molecular weight excluding hydrogens is 282 g/mol. The van der Waals surface area contributed by atoms with Crippen molar-refractivity contribution in [3.63, 3.8) is 0 Å². The second kappa shape index (κ2) is 3.80. The van der Waals surface area contributed by atoms with E-state index in [-0.39, 0.29) is 0 Å². The Hall–Kier alpha value is -2.45. The number of hydrogen-bond acceptors (Lipinski definition) is 1. The van der Waals surface area contributed by atoms with E-state index in [9.17, 15) is 0 Å². The number of nitrogens with one attached hydrogen (secondary N) is 1. The molecule has 5 aromatic rings. The number of H-pyrrole nitrogens is 1. The van der Waals surface area contributed by atoms with Crippen molar-refractivity contribution in [2.75, 3.05) is 0 Å². The van der Waals surface area contributed by atoms with Crippen molar-refractivity contribution in [1.29, 1.82) is 0 Å². The minimum atomic E-state index is 0.751. The summed E-state index contributed by atoms with van der Waals surface area (Å²) in [6.45, 7) is 0. The van der Waals surface area contributed by atoms with Crippen LogP contribution in [0.2, 0.25) is 5.02 Å². The number of benzene rings is 3. The van der Waals surface area contributed by atoms with Crippen LogP contribution in [0.1, 0.15) is 0 Å².